The van der Waals surface area contributed by atoms with Crippen LogP contribution < -0.4 is 10.6 Å². The first-order valence-electron chi connectivity index (χ1n) is 7.09. The molecule has 2 rings (SSSR count). The lowest BCUT2D eigenvalue weighted by Gasteiger charge is -2.27. The molecular weight excluding hydrogens is 272 g/mol. The molecule has 6 heteroatoms. The quantitative estimate of drug-likeness (QED) is 0.644. The summed E-state index contributed by atoms with van der Waals surface area (Å²) in [6, 6.07) is 3.59. The number of benzene rings is 1. The minimum atomic E-state index is -1.13. The minimum Gasteiger partial charge on any atom is -0.506 e. The van der Waals surface area contributed by atoms with E-state index in [-0.39, 0.29) is 29.1 Å². The number of carbonyl (C=O) groups is 2. The molecule has 21 heavy (non-hydrogen) atoms. The van der Waals surface area contributed by atoms with Gasteiger partial charge in [-0.3, -0.25) is 0 Å². The molecule has 0 heterocycles. The Bertz CT molecular complexity index is 544. The van der Waals surface area contributed by atoms with Crippen LogP contribution in [-0.2, 0) is 0 Å². The number of phenols is 1. The second-order valence-corrected chi connectivity index (χ2v) is 5.60. The topological polar surface area (TPSA) is 98.7 Å². The molecule has 0 bridgehead atoms. The van der Waals surface area contributed by atoms with Crippen LogP contribution in [0.25, 0.3) is 0 Å². The summed E-state index contributed by atoms with van der Waals surface area (Å²) < 4.78 is 0. The van der Waals surface area contributed by atoms with Gasteiger partial charge in [0.05, 0.1) is 11.3 Å². The molecule has 2 unspecified atom stereocenters. The summed E-state index contributed by atoms with van der Waals surface area (Å²) >= 11 is 0. The van der Waals surface area contributed by atoms with E-state index in [0.29, 0.717) is 5.92 Å². The molecular formula is C15H20N2O4. The fourth-order valence-electron chi connectivity index (χ4n) is 2.68. The van der Waals surface area contributed by atoms with Crippen molar-refractivity contribution in [3.05, 3.63) is 23.8 Å². The number of aromatic hydroxyl groups is 1. The van der Waals surface area contributed by atoms with Gasteiger partial charge in [-0.1, -0.05) is 19.8 Å². The Hall–Kier alpha value is -2.24. The lowest BCUT2D eigenvalue weighted by Crippen LogP contribution is -2.40. The summed E-state index contributed by atoms with van der Waals surface area (Å²) in [7, 11) is 0. The number of hydrogen-bond acceptors (Lipinski definition) is 3. The van der Waals surface area contributed by atoms with Crippen LogP contribution in [0.2, 0.25) is 0 Å². The van der Waals surface area contributed by atoms with Gasteiger partial charge in [-0.05, 0) is 37.0 Å². The highest BCUT2D eigenvalue weighted by atomic mass is 16.4. The van der Waals surface area contributed by atoms with E-state index in [0.717, 1.165) is 25.3 Å². The highest BCUT2D eigenvalue weighted by molar-refractivity contribution is 5.93. The van der Waals surface area contributed by atoms with Gasteiger partial charge in [-0.15, -0.1) is 0 Å². The Balaban J connectivity index is 1.94. The van der Waals surface area contributed by atoms with Crippen LogP contribution in [0.1, 0.15) is 43.0 Å². The number of nitrogens with one attached hydrogen (secondary N) is 2. The van der Waals surface area contributed by atoms with Crippen molar-refractivity contribution >= 4 is 17.7 Å². The maximum Gasteiger partial charge on any atom is 0.335 e. The molecule has 0 aromatic heterocycles. The van der Waals surface area contributed by atoms with Crippen molar-refractivity contribution in [3.8, 4) is 5.75 Å². The van der Waals surface area contributed by atoms with E-state index in [2.05, 4.69) is 17.6 Å². The molecule has 0 aliphatic heterocycles. The van der Waals surface area contributed by atoms with Crippen LogP contribution in [0, 0.1) is 5.92 Å². The molecule has 2 amide bonds. The summed E-state index contributed by atoms with van der Waals surface area (Å²) in [4.78, 5) is 22.7. The SMILES string of the molecule is CC1CCCC(NC(=O)Nc2ccc(C(=O)O)cc2O)C1. The van der Waals surface area contributed by atoms with Crippen molar-refractivity contribution in [1.29, 1.82) is 0 Å². The third-order valence-corrected chi connectivity index (χ3v) is 3.76. The van der Waals surface area contributed by atoms with Gasteiger partial charge < -0.3 is 20.8 Å². The standard InChI is InChI=1S/C15H20N2O4/c1-9-3-2-4-11(7-9)16-15(21)17-12-6-5-10(14(19)20)8-13(12)18/h5-6,8-9,11,18H,2-4,7H2,1H3,(H,19,20)(H2,16,17,21). The van der Waals surface area contributed by atoms with E-state index in [9.17, 15) is 14.7 Å². The second kappa shape index (κ2) is 6.47. The molecule has 0 spiro atoms. The van der Waals surface area contributed by atoms with Crippen molar-refractivity contribution in [1.82, 2.24) is 5.32 Å². The van der Waals surface area contributed by atoms with Crippen molar-refractivity contribution in [2.75, 3.05) is 5.32 Å². The van der Waals surface area contributed by atoms with E-state index >= 15 is 0 Å². The molecule has 6 nitrogen and oxygen atoms in total. The molecule has 0 radical (unpaired) electrons. The normalized spacial score (nSPS) is 21.6. The lowest BCUT2D eigenvalue weighted by atomic mass is 9.87. The minimum absolute atomic E-state index is 0.0282. The van der Waals surface area contributed by atoms with Crippen molar-refractivity contribution < 1.29 is 19.8 Å². The Labute approximate surface area is 123 Å². The van der Waals surface area contributed by atoms with E-state index in [1.165, 1.54) is 18.6 Å². The molecule has 114 valence electrons. The van der Waals surface area contributed by atoms with E-state index < -0.39 is 5.97 Å². The third kappa shape index (κ3) is 4.11. The smallest absolute Gasteiger partial charge is 0.335 e. The first kappa shape index (κ1) is 15.2. The summed E-state index contributed by atoms with van der Waals surface area (Å²) in [5.41, 5.74) is 0.168. The van der Waals surface area contributed by atoms with Crippen LogP contribution in [0.15, 0.2) is 18.2 Å². The maximum absolute atomic E-state index is 11.9. The Morgan fingerprint density at radius 3 is 2.67 bits per heavy atom. The monoisotopic (exact) mass is 292 g/mol. The maximum atomic E-state index is 11.9. The van der Waals surface area contributed by atoms with Gasteiger partial charge in [0.1, 0.15) is 5.75 Å². The summed E-state index contributed by atoms with van der Waals surface area (Å²) in [6.45, 7) is 2.17. The number of aromatic carboxylic acids is 1. The molecule has 4 N–H and O–H groups in total. The number of carboxylic acids is 1. The van der Waals surface area contributed by atoms with Crippen molar-refractivity contribution in [2.24, 2.45) is 5.92 Å². The van der Waals surface area contributed by atoms with Gasteiger partial charge in [0.25, 0.3) is 0 Å². The van der Waals surface area contributed by atoms with Crippen LogP contribution in [0.5, 0.6) is 5.75 Å². The van der Waals surface area contributed by atoms with Crippen LogP contribution in [0.3, 0.4) is 0 Å². The van der Waals surface area contributed by atoms with E-state index in [1.807, 2.05) is 0 Å². The third-order valence-electron chi connectivity index (χ3n) is 3.76. The fourth-order valence-corrected chi connectivity index (χ4v) is 2.68. The number of hydrogen-bond donors (Lipinski definition) is 4. The molecule has 1 aliphatic rings. The average Bonchev–Trinajstić information content (AvgIpc) is 2.40. The Kier molecular flexibility index (Phi) is 4.67. The number of phenolic OH excluding ortho intramolecular Hbond substituents is 1. The molecule has 1 aromatic carbocycles. The van der Waals surface area contributed by atoms with Gasteiger partial charge >= 0.3 is 12.0 Å². The summed E-state index contributed by atoms with van der Waals surface area (Å²) in [6.07, 6.45) is 4.21. The van der Waals surface area contributed by atoms with Crippen LogP contribution in [0.4, 0.5) is 10.5 Å². The number of anilines is 1. The van der Waals surface area contributed by atoms with Crippen LogP contribution in [-0.4, -0.2) is 28.3 Å². The van der Waals surface area contributed by atoms with Gasteiger partial charge in [0.15, 0.2) is 0 Å². The second-order valence-electron chi connectivity index (χ2n) is 5.60. The molecule has 2 atom stereocenters. The predicted molar refractivity (Wildman–Crippen MR) is 78.6 cm³/mol. The number of rotatable bonds is 3. The van der Waals surface area contributed by atoms with Gasteiger partial charge in [0, 0.05) is 6.04 Å². The zero-order valence-electron chi connectivity index (χ0n) is 11.9. The number of carboxylic acid groups (broad SMARTS) is 1. The average molecular weight is 292 g/mol. The molecule has 1 fully saturated rings. The summed E-state index contributed by atoms with van der Waals surface area (Å²) in [5, 5.41) is 24.0. The molecule has 1 saturated carbocycles. The zero-order chi connectivity index (χ0) is 15.4. The fraction of sp³-hybridized carbons (Fsp3) is 0.467. The van der Waals surface area contributed by atoms with Gasteiger partial charge in [-0.25, -0.2) is 9.59 Å². The van der Waals surface area contributed by atoms with Crippen molar-refractivity contribution in [2.45, 2.75) is 38.6 Å². The first-order chi connectivity index (χ1) is 9.95. The van der Waals surface area contributed by atoms with E-state index in [1.54, 1.807) is 0 Å². The van der Waals surface area contributed by atoms with Crippen molar-refractivity contribution in [3.63, 3.8) is 0 Å². The molecule has 1 aliphatic carbocycles. The lowest BCUT2D eigenvalue weighted by molar-refractivity contribution is 0.0696. The Morgan fingerprint density at radius 2 is 2.05 bits per heavy atom. The van der Waals surface area contributed by atoms with Crippen LogP contribution >= 0.6 is 0 Å². The van der Waals surface area contributed by atoms with E-state index in [4.69, 9.17) is 5.11 Å². The van der Waals surface area contributed by atoms with Gasteiger partial charge in [-0.2, -0.15) is 0 Å². The predicted octanol–water partition coefficient (Wildman–Crippen LogP) is 2.79. The highest BCUT2D eigenvalue weighted by Gasteiger charge is 2.20. The largest absolute Gasteiger partial charge is 0.506 e. The first-order valence-corrected chi connectivity index (χ1v) is 7.09. The molecule has 0 saturated heterocycles. The summed E-state index contributed by atoms with van der Waals surface area (Å²) in [5.74, 6) is -0.785. The number of amides is 2. The van der Waals surface area contributed by atoms with Gasteiger partial charge in [0.2, 0.25) is 0 Å². The Morgan fingerprint density at radius 1 is 1.29 bits per heavy atom. The zero-order valence-corrected chi connectivity index (χ0v) is 11.9. The number of urea groups is 1. The highest BCUT2D eigenvalue weighted by Crippen LogP contribution is 2.25. The number of carbonyl (C=O) groups excluding carboxylic acids is 1. The molecule has 1 aromatic rings.